The van der Waals surface area contributed by atoms with Gasteiger partial charge in [0, 0.05) is 0 Å². The smallest absolute Gasteiger partial charge is 0.431 e. The highest BCUT2D eigenvalue weighted by Crippen LogP contribution is 2.35. The number of aliphatic hydroxyl groups is 5. The van der Waals surface area contributed by atoms with E-state index in [4.69, 9.17) is 9.47 Å². The number of hydrogen-bond acceptors (Lipinski definition) is 8. The van der Waals surface area contributed by atoms with Crippen LogP contribution in [0.25, 0.3) is 0 Å². The minimum absolute atomic E-state index is 0.197. The lowest BCUT2D eigenvalue weighted by atomic mass is 9.75. The molecule has 0 saturated heterocycles. The normalized spacial score (nSPS) is 45.2. The van der Waals surface area contributed by atoms with E-state index in [9.17, 15) is 30.3 Å². The molecule has 0 radical (unpaired) electrons. The summed E-state index contributed by atoms with van der Waals surface area (Å²) >= 11 is 0. The molecule has 2 fully saturated rings. The predicted octanol–water partition coefficient (Wildman–Crippen LogP) is -0.213. The van der Waals surface area contributed by atoms with Crippen LogP contribution in [0.5, 0.6) is 0 Å². The van der Waals surface area contributed by atoms with Crippen LogP contribution in [0.1, 0.15) is 40.0 Å². The van der Waals surface area contributed by atoms with E-state index in [-0.39, 0.29) is 12.0 Å². The van der Waals surface area contributed by atoms with Crippen molar-refractivity contribution in [2.24, 2.45) is 17.8 Å². The summed E-state index contributed by atoms with van der Waals surface area (Å²) in [7, 11) is 0. The monoisotopic (exact) mass is 362 g/mol. The van der Waals surface area contributed by atoms with Crippen LogP contribution in [0.4, 0.5) is 4.79 Å². The Bertz CT molecular complexity index is 440. The summed E-state index contributed by atoms with van der Waals surface area (Å²) < 4.78 is 10.4. The molecular formula is C17H30O8. The zero-order valence-electron chi connectivity index (χ0n) is 14.9. The summed E-state index contributed by atoms with van der Waals surface area (Å²) in [5, 5.41) is 48.7. The van der Waals surface area contributed by atoms with Crippen LogP contribution in [-0.2, 0) is 9.47 Å². The lowest BCUT2D eigenvalue weighted by Gasteiger charge is -2.41. The highest BCUT2D eigenvalue weighted by Gasteiger charge is 2.50. The summed E-state index contributed by atoms with van der Waals surface area (Å²) in [5.74, 6) is 0.940. The van der Waals surface area contributed by atoms with Crippen LogP contribution >= 0.6 is 0 Å². The maximum Gasteiger partial charge on any atom is 0.509 e. The van der Waals surface area contributed by atoms with Gasteiger partial charge in [0.2, 0.25) is 0 Å². The second-order valence-electron chi connectivity index (χ2n) is 7.77. The van der Waals surface area contributed by atoms with Crippen LogP contribution in [0.2, 0.25) is 0 Å². The fourth-order valence-electron chi connectivity index (χ4n) is 3.85. The minimum Gasteiger partial charge on any atom is -0.431 e. The van der Waals surface area contributed by atoms with Crippen molar-refractivity contribution in [1.29, 1.82) is 0 Å². The summed E-state index contributed by atoms with van der Waals surface area (Å²) in [5.41, 5.74) is 0. The zero-order chi connectivity index (χ0) is 18.9. The van der Waals surface area contributed by atoms with Gasteiger partial charge in [-0.15, -0.1) is 0 Å². The van der Waals surface area contributed by atoms with Crippen molar-refractivity contribution < 1.29 is 39.8 Å². The van der Waals surface area contributed by atoms with Crippen molar-refractivity contribution in [3.63, 3.8) is 0 Å². The van der Waals surface area contributed by atoms with Gasteiger partial charge < -0.3 is 35.0 Å². The van der Waals surface area contributed by atoms with Gasteiger partial charge in [0.15, 0.2) is 6.10 Å². The molecule has 2 aliphatic carbocycles. The molecule has 2 saturated carbocycles. The molecule has 2 aliphatic rings. The highest BCUT2D eigenvalue weighted by atomic mass is 16.7. The number of rotatable bonds is 3. The largest absolute Gasteiger partial charge is 0.509 e. The Labute approximate surface area is 147 Å². The Morgan fingerprint density at radius 3 is 1.92 bits per heavy atom. The number of aliphatic hydroxyl groups excluding tert-OH is 5. The molecule has 25 heavy (non-hydrogen) atoms. The third-order valence-corrected chi connectivity index (χ3v) is 5.51. The molecule has 146 valence electrons. The third-order valence-electron chi connectivity index (χ3n) is 5.51. The molecule has 9 atom stereocenters. The Balaban J connectivity index is 2.00. The molecule has 5 unspecified atom stereocenters. The number of carbonyl (C=O) groups is 1. The van der Waals surface area contributed by atoms with Crippen LogP contribution in [0.15, 0.2) is 0 Å². The summed E-state index contributed by atoms with van der Waals surface area (Å²) in [6.07, 6.45) is -8.94. The fourth-order valence-corrected chi connectivity index (χ4v) is 3.85. The quantitative estimate of drug-likeness (QED) is 0.435. The summed E-state index contributed by atoms with van der Waals surface area (Å²) in [6, 6.07) is 0. The topological polar surface area (TPSA) is 137 Å². The number of ether oxygens (including phenoxy) is 2. The average Bonchev–Trinajstić information content (AvgIpc) is 2.55. The Morgan fingerprint density at radius 2 is 1.40 bits per heavy atom. The molecule has 0 aromatic carbocycles. The third kappa shape index (κ3) is 4.43. The van der Waals surface area contributed by atoms with Crippen molar-refractivity contribution in [3.8, 4) is 0 Å². The van der Waals surface area contributed by atoms with Gasteiger partial charge in [0.25, 0.3) is 0 Å². The van der Waals surface area contributed by atoms with Crippen molar-refractivity contribution in [3.05, 3.63) is 0 Å². The molecular weight excluding hydrogens is 332 g/mol. The van der Waals surface area contributed by atoms with Crippen molar-refractivity contribution in [2.75, 3.05) is 0 Å². The maximum absolute atomic E-state index is 12.1. The minimum atomic E-state index is -1.74. The fraction of sp³-hybridized carbons (Fsp3) is 0.941. The molecule has 0 heterocycles. The second-order valence-corrected chi connectivity index (χ2v) is 7.77. The molecule has 8 heteroatoms. The van der Waals surface area contributed by atoms with Crippen LogP contribution in [0.3, 0.4) is 0 Å². The lowest BCUT2D eigenvalue weighted by Crippen LogP contribution is -2.64. The van der Waals surface area contributed by atoms with E-state index in [1.54, 1.807) is 0 Å². The van der Waals surface area contributed by atoms with Crippen molar-refractivity contribution in [2.45, 2.75) is 82.8 Å². The Morgan fingerprint density at radius 1 is 0.880 bits per heavy atom. The standard InChI is InChI=1S/C17H30O8/c1-7(2)9-5-4-8(3)6-10(9)24-17(23)25-16-14(21)12(19)11(18)13(20)15(16)22/h7-16,18-22H,4-6H2,1-3H3/t8?,9?,10?,11?,12-,13+,14-,15-,16?/m0/s1. The van der Waals surface area contributed by atoms with Gasteiger partial charge in [0.1, 0.15) is 36.6 Å². The molecule has 2 rings (SSSR count). The van der Waals surface area contributed by atoms with Gasteiger partial charge in [-0.2, -0.15) is 0 Å². The van der Waals surface area contributed by atoms with Gasteiger partial charge in [-0.1, -0.05) is 27.2 Å². The van der Waals surface area contributed by atoms with Crippen LogP contribution < -0.4 is 0 Å². The molecule has 0 spiro atoms. The summed E-state index contributed by atoms with van der Waals surface area (Å²) in [6.45, 7) is 6.21. The Kier molecular flexibility index (Phi) is 6.67. The maximum atomic E-state index is 12.1. The number of hydrogen-bond donors (Lipinski definition) is 5. The van der Waals surface area contributed by atoms with E-state index in [0.717, 1.165) is 12.8 Å². The Hall–Kier alpha value is -0.930. The molecule has 0 aliphatic heterocycles. The number of carbonyl (C=O) groups excluding carboxylic acids is 1. The van der Waals surface area contributed by atoms with E-state index in [1.165, 1.54) is 0 Å². The van der Waals surface area contributed by atoms with E-state index < -0.39 is 42.8 Å². The molecule has 0 aromatic rings. The van der Waals surface area contributed by atoms with Crippen molar-refractivity contribution in [1.82, 2.24) is 0 Å². The van der Waals surface area contributed by atoms with Gasteiger partial charge >= 0.3 is 6.16 Å². The first kappa shape index (κ1) is 20.4. The van der Waals surface area contributed by atoms with Crippen LogP contribution in [0, 0.1) is 17.8 Å². The first-order chi connectivity index (χ1) is 11.6. The molecule has 0 amide bonds. The summed E-state index contributed by atoms with van der Waals surface area (Å²) in [4.78, 5) is 12.1. The first-order valence-electron chi connectivity index (χ1n) is 8.91. The zero-order valence-corrected chi connectivity index (χ0v) is 14.9. The predicted molar refractivity (Wildman–Crippen MR) is 86.5 cm³/mol. The van der Waals surface area contributed by atoms with E-state index in [0.29, 0.717) is 18.3 Å². The molecule has 0 aromatic heterocycles. The highest BCUT2D eigenvalue weighted by molar-refractivity contribution is 5.60. The van der Waals surface area contributed by atoms with Crippen molar-refractivity contribution >= 4 is 6.16 Å². The van der Waals surface area contributed by atoms with E-state index in [1.807, 2.05) is 0 Å². The van der Waals surface area contributed by atoms with Gasteiger partial charge in [-0.3, -0.25) is 0 Å². The second kappa shape index (κ2) is 8.18. The average molecular weight is 362 g/mol. The van der Waals surface area contributed by atoms with Crippen LogP contribution in [-0.4, -0.2) is 74.4 Å². The van der Waals surface area contributed by atoms with Gasteiger partial charge in [-0.25, -0.2) is 4.79 Å². The molecule has 5 N–H and O–H groups in total. The molecule has 0 bridgehead atoms. The van der Waals surface area contributed by atoms with E-state index in [2.05, 4.69) is 20.8 Å². The SMILES string of the molecule is CC1CCC(C(C)C)C(OC(=O)OC2[C@@H](O)[C@H](O)C(O)[C@H](O)[C@@H]2O)C1. The molecule has 8 nitrogen and oxygen atoms in total. The van der Waals surface area contributed by atoms with E-state index >= 15 is 0 Å². The van der Waals surface area contributed by atoms with Gasteiger partial charge in [-0.05, 0) is 30.6 Å². The van der Waals surface area contributed by atoms with Gasteiger partial charge in [0.05, 0.1) is 0 Å². The first-order valence-corrected chi connectivity index (χ1v) is 8.91. The lowest BCUT2D eigenvalue weighted by molar-refractivity contribution is -0.227.